The maximum atomic E-state index is 5.87. The lowest BCUT2D eigenvalue weighted by Crippen LogP contribution is -2.31. The molecular formula is C14H22BrNO. The van der Waals surface area contributed by atoms with Crippen molar-refractivity contribution in [1.82, 2.24) is 0 Å². The van der Waals surface area contributed by atoms with Gasteiger partial charge in [0.25, 0.3) is 0 Å². The number of halogens is 1. The van der Waals surface area contributed by atoms with Gasteiger partial charge >= 0.3 is 0 Å². The van der Waals surface area contributed by atoms with Crippen LogP contribution in [0.15, 0.2) is 28.7 Å². The second-order valence-electron chi connectivity index (χ2n) is 4.47. The first-order valence-electron chi connectivity index (χ1n) is 6.24. The molecule has 3 heteroatoms. The SMILES string of the molecule is CCC(CC)(CN)CCOc1cccc(Br)c1. The van der Waals surface area contributed by atoms with Crippen LogP contribution in [0.5, 0.6) is 5.75 Å². The van der Waals surface area contributed by atoms with Crippen molar-refractivity contribution in [3.63, 3.8) is 0 Å². The minimum atomic E-state index is 0.242. The summed E-state index contributed by atoms with van der Waals surface area (Å²) >= 11 is 3.43. The minimum Gasteiger partial charge on any atom is -0.494 e. The van der Waals surface area contributed by atoms with Crippen LogP contribution in [0, 0.1) is 5.41 Å². The maximum absolute atomic E-state index is 5.87. The summed E-state index contributed by atoms with van der Waals surface area (Å²) in [6, 6.07) is 7.94. The van der Waals surface area contributed by atoms with Gasteiger partial charge in [-0.3, -0.25) is 0 Å². The van der Waals surface area contributed by atoms with Crippen molar-refractivity contribution >= 4 is 15.9 Å². The summed E-state index contributed by atoms with van der Waals surface area (Å²) in [5.41, 5.74) is 6.11. The molecule has 1 aromatic carbocycles. The highest BCUT2D eigenvalue weighted by atomic mass is 79.9. The molecule has 0 aliphatic carbocycles. The smallest absolute Gasteiger partial charge is 0.120 e. The molecule has 0 saturated heterocycles. The van der Waals surface area contributed by atoms with Gasteiger partial charge in [0.05, 0.1) is 6.61 Å². The monoisotopic (exact) mass is 299 g/mol. The first-order chi connectivity index (χ1) is 8.15. The molecule has 0 bridgehead atoms. The lowest BCUT2D eigenvalue weighted by molar-refractivity contribution is 0.187. The Morgan fingerprint density at radius 1 is 1.29 bits per heavy atom. The number of ether oxygens (including phenoxy) is 1. The highest BCUT2D eigenvalue weighted by Gasteiger charge is 2.23. The fourth-order valence-corrected chi connectivity index (χ4v) is 2.31. The van der Waals surface area contributed by atoms with E-state index in [9.17, 15) is 0 Å². The Morgan fingerprint density at radius 3 is 2.53 bits per heavy atom. The molecule has 0 radical (unpaired) electrons. The third kappa shape index (κ3) is 4.32. The van der Waals surface area contributed by atoms with E-state index in [4.69, 9.17) is 10.5 Å². The van der Waals surface area contributed by atoms with Crippen LogP contribution in [0.2, 0.25) is 0 Å². The van der Waals surface area contributed by atoms with Gasteiger partial charge in [0, 0.05) is 4.47 Å². The van der Waals surface area contributed by atoms with Crippen molar-refractivity contribution in [2.75, 3.05) is 13.2 Å². The standard InChI is InChI=1S/C14H22BrNO/c1-3-14(4-2,11-16)8-9-17-13-7-5-6-12(15)10-13/h5-7,10H,3-4,8-9,11,16H2,1-2H3. The molecule has 0 unspecified atom stereocenters. The van der Waals surface area contributed by atoms with E-state index in [0.717, 1.165) is 42.6 Å². The zero-order valence-electron chi connectivity index (χ0n) is 10.7. The normalized spacial score (nSPS) is 11.5. The predicted octanol–water partition coefficient (Wildman–Crippen LogP) is 3.98. The summed E-state index contributed by atoms with van der Waals surface area (Å²) < 4.78 is 6.81. The Labute approximate surface area is 113 Å². The summed E-state index contributed by atoms with van der Waals surface area (Å²) in [4.78, 5) is 0. The van der Waals surface area contributed by atoms with E-state index >= 15 is 0 Å². The van der Waals surface area contributed by atoms with E-state index < -0.39 is 0 Å². The lowest BCUT2D eigenvalue weighted by atomic mass is 9.80. The van der Waals surface area contributed by atoms with Crippen molar-refractivity contribution in [3.8, 4) is 5.75 Å². The largest absolute Gasteiger partial charge is 0.494 e. The molecule has 0 aromatic heterocycles. The third-order valence-electron chi connectivity index (χ3n) is 3.63. The van der Waals surface area contributed by atoms with Gasteiger partial charge in [-0.15, -0.1) is 0 Å². The van der Waals surface area contributed by atoms with Crippen LogP contribution in [0.3, 0.4) is 0 Å². The second kappa shape index (κ2) is 7.02. The highest BCUT2D eigenvalue weighted by Crippen LogP contribution is 2.29. The molecule has 0 atom stereocenters. The fraction of sp³-hybridized carbons (Fsp3) is 0.571. The summed E-state index contributed by atoms with van der Waals surface area (Å²) in [5.74, 6) is 0.914. The fourth-order valence-electron chi connectivity index (χ4n) is 1.94. The van der Waals surface area contributed by atoms with Gasteiger partial charge in [-0.05, 0) is 49.4 Å². The van der Waals surface area contributed by atoms with Crippen molar-refractivity contribution in [1.29, 1.82) is 0 Å². The Kier molecular flexibility index (Phi) is 6.00. The van der Waals surface area contributed by atoms with Gasteiger partial charge in [-0.1, -0.05) is 35.8 Å². The predicted molar refractivity (Wildman–Crippen MR) is 76.3 cm³/mol. The van der Waals surface area contributed by atoms with Crippen molar-refractivity contribution in [2.45, 2.75) is 33.1 Å². The second-order valence-corrected chi connectivity index (χ2v) is 5.38. The van der Waals surface area contributed by atoms with Crippen molar-refractivity contribution in [3.05, 3.63) is 28.7 Å². The average molecular weight is 300 g/mol. The Balaban J connectivity index is 2.46. The topological polar surface area (TPSA) is 35.2 Å². The number of hydrogen-bond donors (Lipinski definition) is 1. The van der Waals surface area contributed by atoms with Crippen LogP contribution in [0.4, 0.5) is 0 Å². The molecule has 17 heavy (non-hydrogen) atoms. The van der Waals surface area contributed by atoms with E-state index in [1.165, 1.54) is 0 Å². The number of benzene rings is 1. The summed E-state index contributed by atoms with van der Waals surface area (Å²) in [6.07, 6.45) is 3.24. The first kappa shape index (κ1) is 14.5. The Hall–Kier alpha value is -0.540. The van der Waals surface area contributed by atoms with E-state index in [0.29, 0.717) is 0 Å². The van der Waals surface area contributed by atoms with E-state index in [1.54, 1.807) is 0 Å². The highest BCUT2D eigenvalue weighted by molar-refractivity contribution is 9.10. The molecule has 1 aromatic rings. The average Bonchev–Trinajstić information content (AvgIpc) is 2.35. The molecule has 0 heterocycles. The molecule has 2 nitrogen and oxygen atoms in total. The van der Waals surface area contributed by atoms with Gasteiger partial charge in [0.1, 0.15) is 5.75 Å². The Bertz CT molecular complexity index is 328. The lowest BCUT2D eigenvalue weighted by Gasteiger charge is -2.29. The number of rotatable bonds is 7. The minimum absolute atomic E-state index is 0.242. The van der Waals surface area contributed by atoms with Crippen LogP contribution >= 0.6 is 15.9 Å². The summed E-state index contributed by atoms with van der Waals surface area (Å²) in [6.45, 7) is 5.88. The first-order valence-corrected chi connectivity index (χ1v) is 7.03. The molecule has 0 aliphatic rings. The van der Waals surface area contributed by atoms with Gasteiger partial charge in [0.2, 0.25) is 0 Å². The van der Waals surface area contributed by atoms with E-state index in [2.05, 4.69) is 29.8 Å². The van der Waals surface area contributed by atoms with Gasteiger partial charge in [0.15, 0.2) is 0 Å². The third-order valence-corrected chi connectivity index (χ3v) is 4.12. The molecule has 2 N–H and O–H groups in total. The molecular weight excluding hydrogens is 278 g/mol. The van der Waals surface area contributed by atoms with E-state index in [-0.39, 0.29) is 5.41 Å². The molecule has 0 aliphatic heterocycles. The van der Waals surface area contributed by atoms with Crippen LogP contribution in [-0.4, -0.2) is 13.2 Å². The molecule has 0 saturated carbocycles. The summed E-state index contributed by atoms with van der Waals surface area (Å²) in [5, 5.41) is 0. The molecule has 96 valence electrons. The van der Waals surface area contributed by atoms with Crippen molar-refractivity contribution < 1.29 is 4.74 Å². The van der Waals surface area contributed by atoms with Crippen LogP contribution in [-0.2, 0) is 0 Å². The molecule has 1 rings (SSSR count). The quantitative estimate of drug-likeness (QED) is 0.826. The van der Waals surface area contributed by atoms with Gasteiger partial charge in [-0.25, -0.2) is 0 Å². The van der Waals surface area contributed by atoms with Crippen LogP contribution in [0.25, 0.3) is 0 Å². The molecule has 0 amide bonds. The van der Waals surface area contributed by atoms with Crippen molar-refractivity contribution in [2.24, 2.45) is 11.1 Å². The number of nitrogens with two attached hydrogens (primary N) is 1. The maximum Gasteiger partial charge on any atom is 0.120 e. The molecule has 0 spiro atoms. The van der Waals surface area contributed by atoms with Crippen LogP contribution < -0.4 is 10.5 Å². The van der Waals surface area contributed by atoms with Crippen LogP contribution in [0.1, 0.15) is 33.1 Å². The molecule has 0 fully saturated rings. The number of hydrogen-bond acceptors (Lipinski definition) is 2. The summed E-state index contributed by atoms with van der Waals surface area (Å²) in [7, 11) is 0. The van der Waals surface area contributed by atoms with Gasteiger partial charge in [-0.2, -0.15) is 0 Å². The zero-order chi connectivity index (χ0) is 12.7. The van der Waals surface area contributed by atoms with E-state index in [1.807, 2.05) is 24.3 Å². The Morgan fingerprint density at radius 2 is 2.00 bits per heavy atom. The van der Waals surface area contributed by atoms with Gasteiger partial charge < -0.3 is 10.5 Å². The zero-order valence-corrected chi connectivity index (χ0v) is 12.3.